The first kappa shape index (κ1) is 33.2. The molecule has 11 aromatic rings. The van der Waals surface area contributed by atoms with E-state index >= 15 is 0 Å². The van der Waals surface area contributed by atoms with Crippen molar-refractivity contribution in [2.75, 3.05) is 4.90 Å². The molecular weight excluding hydrogens is 709 g/mol. The quantitative estimate of drug-likeness (QED) is 0.158. The number of hydrogen-bond acceptors (Lipinski definition) is 2. The Morgan fingerprint density at radius 1 is 0.333 bits per heavy atom. The molecule has 0 bridgehead atoms. The highest BCUT2D eigenvalue weighted by Gasteiger charge is 2.21. The minimum atomic E-state index is 1.09. The van der Waals surface area contributed by atoms with Crippen LogP contribution in [0.2, 0.25) is 0 Å². The molecule has 0 aliphatic heterocycles. The number of aromatic nitrogens is 1. The van der Waals surface area contributed by atoms with Gasteiger partial charge in [-0.1, -0.05) is 152 Å². The maximum absolute atomic E-state index is 2.47. The fourth-order valence-electron chi connectivity index (χ4n) is 8.56. The lowest BCUT2D eigenvalue weighted by Gasteiger charge is -2.28. The summed E-state index contributed by atoms with van der Waals surface area (Å²) in [5.41, 5.74) is 13.9. The van der Waals surface area contributed by atoms with E-state index < -0.39 is 0 Å². The maximum atomic E-state index is 2.47. The Balaban J connectivity index is 1.15. The lowest BCUT2D eigenvalue weighted by molar-refractivity contribution is 1.18. The first-order valence-corrected chi connectivity index (χ1v) is 20.2. The van der Waals surface area contributed by atoms with E-state index in [1.165, 1.54) is 69.8 Å². The van der Waals surface area contributed by atoms with Gasteiger partial charge in [-0.15, -0.1) is 11.3 Å². The van der Waals surface area contributed by atoms with Gasteiger partial charge < -0.3 is 9.47 Å². The molecule has 0 fully saturated rings. The molecule has 0 spiro atoms. The Morgan fingerprint density at radius 3 is 1.79 bits per heavy atom. The van der Waals surface area contributed by atoms with Gasteiger partial charge in [0.2, 0.25) is 0 Å². The molecule has 0 atom stereocenters. The Hall–Kier alpha value is -7.20. The molecule has 9 aromatic carbocycles. The molecule has 2 heterocycles. The Morgan fingerprint density at radius 2 is 0.965 bits per heavy atom. The highest BCUT2D eigenvalue weighted by molar-refractivity contribution is 7.25. The largest absolute Gasteiger partial charge is 0.310 e. The number of nitrogens with zero attached hydrogens (tertiary/aromatic N) is 2. The summed E-state index contributed by atoms with van der Waals surface area (Å²) in [5, 5.41) is 5.05. The predicted molar refractivity (Wildman–Crippen MR) is 245 cm³/mol. The van der Waals surface area contributed by atoms with Crippen LogP contribution in [0.1, 0.15) is 0 Å². The summed E-state index contributed by atoms with van der Waals surface area (Å²) in [7, 11) is 0. The zero-order chi connectivity index (χ0) is 37.7. The molecule has 0 amide bonds. The molecule has 0 saturated heterocycles. The van der Waals surface area contributed by atoms with Gasteiger partial charge in [0.25, 0.3) is 0 Å². The Labute approximate surface area is 335 Å². The van der Waals surface area contributed by atoms with Crippen molar-refractivity contribution >= 4 is 70.4 Å². The first-order chi connectivity index (χ1) is 28.3. The number of fused-ring (bicyclic) bond motifs is 6. The van der Waals surface area contributed by atoms with Gasteiger partial charge in [-0.2, -0.15) is 0 Å². The normalized spacial score (nSPS) is 11.5. The third kappa shape index (κ3) is 5.71. The van der Waals surface area contributed by atoms with Gasteiger partial charge in [0.1, 0.15) is 0 Å². The second kappa shape index (κ2) is 13.8. The van der Waals surface area contributed by atoms with Crippen molar-refractivity contribution in [1.29, 1.82) is 0 Å². The predicted octanol–water partition coefficient (Wildman–Crippen LogP) is 15.6. The van der Waals surface area contributed by atoms with Crippen LogP contribution in [0.25, 0.3) is 81.0 Å². The molecule has 2 nitrogen and oxygen atoms in total. The van der Waals surface area contributed by atoms with Gasteiger partial charge in [-0.3, -0.25) is 0 Å². The van der Waals surface area contributed by atoms with Crippen LogP contribution in [0.15, 0.2) is 218 Å². The molecule has 268 valence electrons. The minimum absolute atomic E-state index is 1.09. The van der Waals surface area contributed by atoms with Crippen molar-refractivity contribution in [2.24, 2.45) is 0 Å². The summed E-state index contributed by atoms with van der Waals surface area (Å²) in [6.45, 7) is 0. The SMILES string of the molecule is c1ccc(-c2ccc(-n3c4ccccc4c4ccc(N(c5ccccc5)c5ccccc5-c5ccc6sc7ccccc7c6c5)cc43)c(-c3ccccc3)c2)cc1. The van der Waals surface area contributed by atoms with E-state index in [9.17, 15) is 0 Å². The van der Waals surface area contributed by atoms with E-state index in [1.54, 1.807) is 0 Å². The molecule has 2 aromatic heterocycles. The van der Waals surface area contributed by atoms with Crippen molar-refractivity contribution in [3.05, 3.63) is 218 Å². The molecular formula is C54H36N2S. The van der Waals surface area contributed by atoms with E-state index in [1.807, 2.05) is 11.3 Å². The smallest absolute Gasteiger partial charge is 0.0562 e. The second-order valence-corrected chi connectivity index (χ2v) is 15.6. The van der Waals surface area contributed by atoms with Crippen molar-refractivity contribution < 1.29 is 0 Å². The van der Waals surface area contributed by atoms with E-state index in [0.29, 0.717) is 0 Å². The van der Waals surface area contributed by atoms with Crippen LogP contribution in [0.4, 0.5) is 17.1 Å². The van der Waals surface area contributed by atoms with Crippen molar-refractivity contribution in [1.82, 2.24) is 4.57 Å². The lowest BCUT2D eigenvalue weighted by atomic mass is 9.97. The average molecular weight is 745 g/mol. The van der Waals surface area contributed by atoms with E-state index in [-0.39, 0.29) is 0 Å². The summed E-state index contributed by atoms with van der Waals surface area (Å²) in [5.74, 6) is 0. The fraction of sp³-hybridized carbons (Fsp3) is 0. The number of rotatable bonds is 7. The van der Waals surface area contributed by atoms with Crippen LogP contribution in [-0.2, 0) is 0 Å². The van der Waals surface area contributed by atoms with Crippen LogP contribution in [0.3, 0.4) is 0 Å². The van der Waals surface area contributed by atoms with Crippen LogP contribution < -0.4 is 4.90 Å². The molecule has 0 unspecified atom stereocenters. The number of para-hydroxylation sites is 3. The molecule has 0 N–H and O–H groups in total. The molecule has 0 aliphatic carbocycles. The highest BCUT2D eigenvalue weighted by Crippen LogP contribution is 2.45. The monoisotopic (exact) mass is 744 g/mol. The number of thiophene rings is 1. The average Bonchev–Trinajstić information content (AvgIpc) is 3.82. The summed E-state index contributed by atoms with van der Waals surface area (Å²) in [6, 6.07) is 79.5. The number of hydrogen-bond donors (Lipinski definition) is 0. The van der Waals surface area contributed by atoms with Crippen molar-refractivity contribution in [3.63, 3.8) is 0 Å². The van der Waals surface area contributed by atoms with Gasteiger partial charge >= 0.3 is 0 Å². The summed E-state index contributed by atoms with van der Waals surface area (Å²) >= 11 is 1.86. The Kier molecular flexibility index (Phi) is 8.04. The fourth-order valence-corrected chi connectivity index (χ4v) is 9.64. The van der Waals surface area contributed by atoms with E-state index in [2.05, 4.69) is 228 Å². The Bertz CT molecular complexity index is 3230. The van der Waals surface area contributed by atoms with E-state index in [0.717, 1.165) is 28.3 Å². The van der Waals surface area contributed by atoms with Crippen LogP contribution >= 0.6 is 11.3 Å². The topological polar surface area (TPSA) is 8.17 Å². The van der Waals surface area contributed by atoms with Crippen molar-refractivity contribution in [2.45, 2.75) is 0 Å². The maximum Gasteiger partial charge on any atom is 0.0562 e. The van der Waals surface area contributed by atoms with Gasteiger partial charge in [0.15, 0.2) is 0 Å². The molecule has 0 aliphatic rings. The lowest BCUT2D eigenvalue weighted by Crippen LogP contribution is -2.11. The zero-order valence-corrected chi connectivity index (χ0v) is 31.9. The van der Waals surface area contributed by atoms with E-state index in [4.69, 9.17) is 0 Å². The standard InChI is InChI=1S/C54H36N2S/c1-4-16-37(17-5-1)39-28-32-51(47(34-39)38-18-6-2-7-19-38)56-50-26-14-11-23-44(50)45-31-30-42(36-52(45)56)55(41-20-8-3-9-21-41)49-25-13-10-22-43(49)40-29-33-54-48(35-40)46-24-12-15-27-53(46)57-54/h1-36H. The zero-order valence-electron chi connectivity index (χ0n) is 31.1. The van der Waals surface area contributed by atoms with Crippen LogP contribution in [0.5, 0.6) is 0 Å². The molecule has 3 heteroatoms. The number of benzene rings is 9. The second-order valence-electron chi connectivity index (χ2n) is 14.5. The van der Waals surface area contributed by atoms with Crippen LogP contribution in [-0.4, -0.2) is 4.57 Å². The third-order valence-electron chi connectivity index (χ3n) is 11.2. The van der Waals surface area contributed by atoms with Gasteiger partial charge in [-0.25, -0.2) is 0 Å². The molecule has 57 heavy (non-hydrogen) atoms. The molecule has 0 saturated carbocycles. The van der Waals surface area contributed by atoms with Gasteiger partial charge in [0.05, 0.1) is 22.4 Å². The van der Waals surface area contributed by atoms with Crippen molar-refractivity contribution in [3.8, 4) is 39.1 Å². The summed E-state index contributed by atoms with van der Waals surface area (Å²) in [6.07, 6.45) is 0. The van der Waals surface area contributed by atoms with Gasteiger partial charge in [0, 0.05) is 53.4 Å². The molecule has 11 rings (SSSR count). The minimum Gasteiger partial charge on any atom is -0.310 e. The van der Waals surface area contributed by atoms with Crippen LogP contribution in [0, 0.1) is 0 Å². The highest BCUT2D eigenvalue weighted by atomic mass is 32.1. The van der Waals surface area contributed by atoms with Gasteiger partial charge in [-0.05, 0) is 89.0 Å². The summed E-state index contributed by atoms with van der Waals surface area (Å²) < 4.78 is 5.09. The first-order valence-electron chi connectivity index (χ1n) is 19.4. The molecule has 0 radical (unpaired) electrons. The third-order valence-corrected chi connectivity index (χ3v) is 12.3. The number of anilines is 3. The summed E-state index contributed by atoms with van der Waals surface area (Å²) in [4.78, 5) is 2.42.